The molecule has 0 aromatic rings. The van der Waals surface area contributed by atoms with E-state index in [-0.39, 0.29) is 5.97 Å². The Kier molecular flexibility index (Phi) is 8.34. The van der Waals surface area contributed by atoms with Crippen LogP contribution in [0.1, 0.15) is 33.6 Å². The van der Waals surface area contributed by atoms with E-state index in [4.69, 9.17) is 14.7 Å². The standard InChI is InChI=1S/C13H24N2O3/c1-13(2,3)18-12(16)6-9-15(8-5-7-14)10-11-17-4/h5-6,8-11H2,1-4H3. The normalized spacial score (nSPS) is 11.3. The Morgan fingerprint density at radius 3 is 2.44 bits per heavy atom. The number of hydrogen-bond donors (Lipinski definition) is 0. The van der Waals surface area contributed by atoms with Crippen molar-refractivity contribution in [1.82, 2.24) is 4.90 Å². The third-order valence-corrected chi connectivity index (χ3v) is 2.20. The fraction of sp³-hybridized carbons (Fsp3) is 0.846. The van der Waals surface area contributed by atoms with Crippen LogP contribution in [0.2, 0.25) is 0 Å². The first-order chi connectivity index (χ1) is 8.39. The minimum absolute atomic E-state index is 0.207. The van der Waals surface area contributed by atoms with Gasteiger partial charge in [0.1, 0.15) is 5.60 Å². The summed E-state index contributed by atoms with van der Waals surface area (Å²) in [6.07, 6.45) is 0.796. The van der Waals surface area contributed by atoms with Crippen LogP contribution in [0.4, 0.5) is 0 Å². The second-order valence-corrected chi connectivity index (χ2v) is 5.08. The van der Waals surface area contributed by atoms with Gasteiger partial charge < -0.3 is 9.47 Å². The molecule has 0 spiro atoms. The molecule has 0 aromatic carbocycles. The largest absolute Gasteiger partial charge is 0.460 e. The summed E-state index contributed by atoms with van der Waals surface area (Å²) in [5.74, 6) is -0.207. The maximum atomic E-state index is 11.6. The molecular formula is C13H24N2O3. The molecule has 0 aliphatic carbocycles. The highest BCUT2D eigenvalue weighted by atomic mass is 16.6. The van der Waals surface area contributed by atoms with Crippen LogP contribution >= 0.6 is 0 Å². The number of methoxy groups -OCH3 is 1. The Hall–Kier alpha value is -1.12. The van der Waals surface area contributed by atoms with E-state index in [0.717, 1.165) is 6.54 Å². The summed E-state index contributed by atoms with van der Waals surface area (Å²) in [6.45, 7) is 8.12. The Labute approximate surface area is 110 Å². The van der Waals surface area contributed by atoms with Crippen molar-refractivity contribution in [3.8, 4) is 6.07 Å². The first kappa shape index (κ1) is 16.9. The SMILES string of the molecule is COCCN(CCC#N)CCC(=O)OC(C)(C)C. The molecule has 0 aliphatic heterocycles. The summed E-state index contributed by atoms with van der Waals surface area (Å²) < 4.78 is 10.2. The van der Waals surface area contributed by atoms with Gasteiger partial charge in [0.15, 0.2) is 0 Å². The van der Waals surface area contributed by atoms with Crippen molar-refractivity contribution in [3.63, 3.8) is 0 Å². The molecule has 104 valence electrons. The number of nitriles is 1. The summed E-state index contributed by atoms with van der Waals surface area (Å²) in [5.41, 5.74) is -0.443. The lowest BCUT2D eigenvalue weighted by atomic mass is 10.2. The second-order valence-electron chi connectivity index (χ2n) is 5.08. The van der Waals surface area contributed by atoms with Crippen LogP contribution in [-0.2, 0) is 14.3 Å². The third-order valence-electron chi connectivity index (χ3n) is 2.20. The molecule has 0 N–H and O–H groups in total. The number of carbonyl (C=O) groups is 1. The van der Waals surface area contributed by atoms with Crippen LogP contribution < -0.4 is 0 Å². The monoisotopic (exact) mass is 256 g/mol. The van der Waals surface area contributed by atoms with Gasteiger partial charge in [-0.3, -0.25) is 9.69 Å². The van der Waals surface area contributed by atoms with Gasteiger partial charge in [-0.05, 0) is 20.8 Å². The van der Waals surface area contributed by atoms with Gasteiger partial charge >= 0.3 is 5.97 Å². The van der Waals surface area contributed by atoms with Crippen molar-refractivity contribution in [2.75, 3.05) is 33.4 Å². The highest BCUT2D eigenvalue weighted by Gasteiger charge is 2.17. The fourth-order valence-corrected chi connectivity index (χ4v) is 1.41. The van der Waals surface area contributed by atoms with E-state index in [2.05, 4.69) is 6.07 Å². The molecule has 0 saturated carbocycles. The van der Waals surface area contributed by atoms with Crippen molar-refractivity contribution in [1.29, 1.82) is 5.26 Å². The minimum Gasteiger partial charge on any atom is -0.460 e. The summed E-state index contributed by atoms with van der Waals surface area (Å²) in [6, 6.07) is 2.10. The van der Waals surface area contributed by atoms with Gasteiger partial charge in [-0.25, -0.2) is 0 Å². The number of esters is 1. The van der Waals surface area contributed by atoms with E-state index in [0.29, 0.717) is 32.5 Å². The van der Waals surface area contributed by atoms with Gasteiger partial charge in [0.05, 0.1) is 19.1 Å². The summed E-state index contributed by atoms with van der Waals surface area (Å²) in [4.78, 5) is 13.6. The Morgan fingerprint density at radius 1 is 1.28 bits per heavy atom. The molecule has 0 bridgehead atoms. The zero-order chi connectivity index (χ0) is 14.0. The maximum absolute atomic E-state index is 11.6. The van der Waals surface area contributed by atoms with Crippen molar-refractivity contribution in [3.05, 3.63) is 0 Å². The minimum atomic E-state index is -0.443. The molecule has 18 heavy (non-hydrogen) atoms. The van der Waals surface area contributed by atoms with Crippen molar-refractivity contribution in [2.24, 2.45) is 0 Å². The van der Waals surface area contributed by atoms with Crippen LogP contribution in [0.5, 0.6) is 0 Å². The average Bonchev–Trinajstić information content (AvgIpc) is 2.25. The molecular weight excluding hydrogens is 232 g/mol. The first-order valence-corrected chi connectivity index (χ1v) is 6.19. The molecule has 0 unspecified atom stereocenters. The lowest BCUT2D eigenvalue weighted by Crippen LogP contribution is -2.32. The summed E-state index contributed by atoms with van der Waals surface area (Å²) >= 11 is 0. The third kappa shape index (κ3) is 10.1. The molecule has 5 heteroatoms. The van der Waals surface area contributed by atoms with E-state index in [1.54, 1.807) is 7.11 Å². The van der Waals surface area contributed by atoms with E-state index in [9.17, 15) is 4.79 Å². The molecule has 0 rings (SSSR count). The van der Waals surface area contributed by atoms with Crippen molar-refractivity contribution in [2.45, 2.75) is 39.2 Å². The lowest BCUT2D eigenvalue weighted by molar-refractivity contribution is -0.155. The second kappa shape index (κ2) is 8.90. The fourth-order valence-electron chi connectivity index (χ4n) is 1.41. The molecule has 0 radical (unpaired) electrons. The van der Waals surface area contributed by atoms with Gasteiger partial charge in [0, 0.05) is 33.2 Å². The molecule has 0 heterocycles. The number of ether oxygens (including phenoxy) is 2. The highest BCUT2D eigenvalue weighted by molar-refractivity contribution is 5.70. The summed E-state index contributed by atoms with van der Waals surface area (Å²) in [5, 5.41) is 8.57. The van der Waals surface area contributed by atoms with Crippen LogP contribution in [0.25, 0.3) is 0 Å². The van der Waals surface area contributed by atoms with E-state index in [1.165, 1.54) is 0 Å². The number of nitrogens with zero attached hydrogens (tertiary/aromatic N) is 2. The van der Waals surface area contributed by atoms with Crippen LogP contribution in [0, 0.1) is 11.3 Å². The van der Waals surface area contributed by atoms with Crippen molar-refractivity contribution >= 4 is 5.97 Å². The smallest absolute Gasteiger partial charge is 0.307 e. The molecule has 0 fully saturated rings. The Morgan fingerprint density at radius 2 is 1.94 bits per heavy atom. The number of hydrogen-bond acceptors (Lipinski definition) is 5. The predicted molar refractivity (Wildman–Crippen MR) is 69.0 cm³/mol. The molecule has 0 atom stereocenters. The average molecular weight is 256 g/mol. The lowest BCUT2D eigenvalue weighted by Gasteiger charge is -2.23. The predicted octanol–water partition coefficient (Wildman–Crippen LogP) is 1.58. The highest BCUT2D eigenvalue weighted by Crippen LogP contribution is 2.08. The maximum Gasteiger partial charge on any atom is 0.307 e. The Balaban J connectivity index is 4.00. The van der Waals surface area contributed by atoms with Gasteiger partial charge in [0.25, 0.3) is 0 Å². The van der Waals surface area contributed by atoms with Crippen LogP contribution in [0.3, 0.4) is 0 Å². The van der Waals surface area contributed by atoms with Crippen molar-refractivity contribution < 1.29 is 14.3 Å². The van der Waals surface area contributed by atoms with Crippen LogP contribution in [-0.4, -0.2) is 49.8 Å². The molecule has 0 aliphatic rings. The zero-order valence-corrected chi connectivity index (χ0v) is 11.9. The van der Waals surface area contributed by atoms with E-state index in [1.807, 2.05) is 25.7 Å². The van der Waals surface area contributed by atoms with E-state index >= 15 is 0 Å². The molecule has 0 saturated heterocycles. The molecule has 0 aromatic heterocycles. The number of rotatable bonds is 8. The first-order valence-electron chi connectivity index (χ1n) is 6.19. The van der Waals surface area contributed by atoms with Gasteiger partial charge in [-0.2, -0.15) is 5.26 Å². The quantitative estimate of drug-likeness (QED) is 0.617. The zero-order valence-electron chi connectivity index (χ0n) is 11.9. The Bertz CT molecular complexity index is 279. The van der Waals surface area contributed by atoms with E-state index < -0.39 is 5.60 Å². The number of carbonyl (C=O) groups excluding carboxylic acids is 1. The molecule has 0 amide bonds. The topological polar surface area (TPSA) is 62.6 Å². The van der Waals surface area contributed by atoms with Crippen LogP contribution in [0.15, 0.2) is 0 Å². The summed E-state index contributed by atoms with van der Waals surface area (Å²) in [7, 11) is 1.64. The molecule has 5 nitrogen and oxygen atoms in total. The van der Waals surface area contributed by atoms with Gasteiger partial charge in [-0.1, -0.05) is 0 Å². The van der Waals surface area contributed by atoms with Gasteiger partial charge in [0.2, 0.25) is 0 Å². The van der Waals surface area contributed by atoms with Gasteiger partial charge in [-0.15, -0.1) is 0 Å².